The van der Waals surface area contributed by atoms with E-state index in [1.54, 1.807) is 0 Å². The predicted octanol–water partition coefficient (Wildman–Crippen LogP) is 5.85. The van der Waals surface area contributed by atoms with Crippen molar-refractivity contribution in [2.75, 3.05) is 0 Å². The maximum Gasteiger partial charge on any atom is 0.221 e. The van der Waals surface area contributed by atoms with Crippen molar-refractivity contribution in [3.05, 3.63) is 58.1 Å². The molecule has 0 unspecified atom stereocenters. The van der Waals surface area contributed by atoms with Crippen molar-refractivity contribution >= 4 is 50.9 Å². The van der Waals surface area contributed by atoms with Crippen LogP contribution in [0.25, 0.3) is 22.2 Å². The highest BCUT2D eigenvalue weighted by Gasteiger charge is 2.17. The van der Waals surface area contributed by atoms with Crippen LogP contribution >= 0.6 is 34.8 Å². The Morgan fingerprint density at radius 2 is 1.70 bits per heavy atom. The van der Waals surface area contributed by atoms with Crippen molar-refractivity contribution in [1.29, 1.82) is 0 Å². The van der Waals surface area contributed by atoms with E-state index in [0.29, 0.717) is 16.5 Å². The van der Waals surface area contributed by atoms with Crippen LogP contribution in [0.2, 0.25) is 10.0 Å². The molecule has 0 saturated heterocycles. The number of carbonyl (C=O) groups is 1. The maximum atomic E-state index is 11.2. The second-order valence-electron chi connectivity index (χ2n) is 5.41. The van der Waals surface area contributed by atoms with Gasteiger partial charge in [-0.3, -0.25) is 4.79 Å². The molecule has 0 N–H and O–H groups in total. The van der Waals surface area contributed by atoms with Gasteiger partial charge in [-0.2, -0.15) is 0 Å². The van der Waals surface area contributed by atoms with E-state index in [2.05, 4.69) is 4.57 Å². The highest BCUT2D eigenvalue weighted by atomic mass is 35.5. The molecule has 2 nitrogen and oxygen atoms in total. The number of nitrogens with zero attached hydrogens (tertiary/aromatic N) is 1. The first-order valence-electron chi connectivity index (χ1n) is 7.18. The molecule has 1 heterocycles. The van der Waals surface area contributed by atoms with Crippen LogP contribution in [-0.2, 0) is 18.3 Å². The van der Waals surface area contributed by atoms with Crippen molar-refractivity contribution < 1.29 is 4.79 Å². The highest BCUT2D eigenvalue weighted by molar-refractivity contribution is 6.63. The smallest absolute Gasteiger partial charge is 0.221 e. The number of carbonyl (C=O) groups excluding carboxylic acids is 1. The molecule has 0 aliphatic rings. The zero-order chi connectivity index (χ0) is 16.6. The molecule has 0 bridgehead atoms. The van der Waals surface area contributed by atoms with Gasteiger partial charge in [0.25, 0.3) is 0 Å². The minimum atomic E-state index is -0.342. The number of rotatable bonds is 4. The fourth-order valence-electron chi connectivity index (χ4n) is 2.94. The first-order valence-corrected chi connectivity index (χ1v) is 8.32. The topological polar surface area (TPSA) is 22.0 Å². The fourth-order valence-corrected chi connectivity index (χ4v) is 3.34. The zero-order valence-electron chi connectivity index (χ0n) is 12.4. The van der Waals surface area contributed by atoms with E-state index < -0.39 is 0 Å². The second kappa shape index (κ2) is 6.56. The number of aryl methyl sites for hydroxylation is 2. The molecule has 118 valence electrons. The maximum absolute atomic E-state index is 11.2. The Hall–Kier alpha value is -1.48. The summed E-state index contributed by atoms with van der Waals surface area (Å²) in [6.45, 7) is 0. The third kappa shape index (κ3) is 3.25. The van der Waals surface area contributed by atoms with Crippen LogP contribution in [0.4, 0.5) is 0 Å². The summed E-state index contributed by atoms with van der Waals surface area (Å²) in [6.07, 6.45) is 0.853. The number of hydrogen-bond acceptors (Lipinski definition) is 1. The molecule has 1 aromatic heterocycles. The lowest BCUT2D eigenvalue weighted by molar-refractivity contribution is -0.111. The lowest BCUT2D eigenvalue weighted by atomic mass is 10.0. The summed E-state index contributed by atoms with van der Waals surface area (Å²) in [5.74, 6) is 0. The number of halogens is 3. The molecule has 0 aliphatic carbocycles. The van der Waals surface area contributed by atoms with Crippen LogP contribution < -0.4 is 0 Å². The number of fused-ring (bicyclic) bond motifs is 1. The molecular formula is C18H14Cl3NO. The summed E-state index contributed by atoms with van der Waals surface area (Å²) in [7, 11) is 2.01. The molecule has 0 fully saturated rings. The van der Waals surface area contributed by atoms with Crippen LogP contribution in [0.5, 0.6) is 0 Å². The van der Waals surface area contributed by atoms with Crippen molar-refractivity contribution in [3.8, 4) is 11.3 Å². The molecule has 0 saturated carbocycles. The predicted molar refractivity (Wildman–Crippen MR) is 97.6 cm³/mol. The van der Waals surface area contributed by atoms with Crippen molar-refractivity contribution in [3.63, 3.8) is 0 Å². The third-order valence-corrected chi connectivity index (χ3v) is 4.63. The van der Waals surface area contributed by atoms with Gasteiger partial charge in [0.1, 0.15) is 0 Å². The molecule has 0 radical (unpaired) electrons. The third-order valence-electron chi connectivity index (χ3n) is 3.96. The zero-order valence-corrected chi connectivity index (χ0v) is 14.7. The van der Waals surface area contributed by atoms with Gasteiger partial charge in [-0.25, -0.2) is 0 Å². The van der Waals surface area contributed by atoms with Crippen molar-refractivity contribution in [2.45, 2.75) is 12.8 Å². The Bertz CT molecular complexity index is 881. The van der Waals surface area contributed by atoms with Crippen LogP contribution in [0.15, 0.2) is 42.5 Å². The lowest BCUT2D eigenvalue weighted by Crippen LogP contribution is -1.96. The van der Waals surface area contributed by atoms with Crippen LogP contribution in [0, 0.1) is 0 Å². The molecular weight excluding hydrogens is 353 g/mol. The average Bonchev–Trinajstić information content (AvgIpc) is 2.78. The van der Waals surface area contributed by atoms with E-state index >= 15 is 0 Å². The Kier molecular flexibility index (Phi) is 4.67. The lowest BCUT2D eigenvalue weighted by Gasteiger charge is -2.08. The van der Waals surface area contributed by atoms with Crippen LogP contribution in [-0.4, -0.2) is 9.81 Å². The first kappa shape index (κ1) is 16.4. The normalized spacial score (nSPS) is 11.1. The van der Waals surface area contributed by atoms with Gasteiger partial charge in [-0.05, 0) is 59.5 Å². The van der Waals surface area contributed by atoms with E-state index in [9.17, 15) is 4.79 Å². The quantitative estimate of drug-likeness (QED) is 0.531. The second-order valence-corrected chi connectivity index (χ2v) is 6.70. The Labute approximate surface area is 149 Å². The van der Waals surface area contributed by atoms with Crippen molar-refractivity contribution in [1.82, 2.24) is 4.57 Å². The molecule has 3 aromatic rings. The van der Waals surface area contributed by atoms with E-state index in [1.807, 2.05) is 49.5 Å². The van der Waals surface area contributed by atoms with E-state index in [-0.39, 0.29) is 11.7 Å². The summed E-state index contributed by atoms with van der Waals surface area (Å²) >= 11 is 17.7. The van der Waals surface area contributed by atoms with Gasteiger partial charge < -0.3 is 4.57 Å². The summed E-state index contributed by atoms with van der Waals surface area (Å²) in [6, 6.07) is 13.5. The highest BCUT2D eigenvalue weighted by Crippen LogP contribution is 2.35. The summed E-state index contributed by atoms with van der Waals surface area (Å²) in [5.41, 5.74) is 4.23. The SMILES string of the molecule is Cn1c(-c2ccc(Cl)cc2)c(CCC(=O)Cl)c2cc(Cl)ccc21. The Morgan fingerprint density at radius 1 is 1.04 bits per heavy atom. The van der Waals surface area contributed by atoms with Gasteiger partial charge in [0.15, 0.2) is 0 Å². The number of aromatic nitrogens is 1. The number of benzene rings is 2. The van der Waals surface area contributed by atoms with Gasteiger partial charge in [0.05, 0.1) is 5.69 Å². The molecule has 23 heavy (non-hydrogen) atoms. The van der Waals surface area contributed by atoms with Crippen LogP contribution in [0.1, 0.15) is 12.0 Å². The molecule has 5 heteroatoms. The fraction of sp³-hybridized carbons (Fsp3) is 0.167. The Balaban J connectivity index is 2.25. The first-order chi connectivity index (χ1) is 11.0. The van der Waals surface area contributed by atoms with E-state index in [0.717, 1.165) is 27.7 Å². The monoisotopic (exact) mass is 365 g/mol. The van der Waals surface area contributed by atoms with Gasteiger partial charge in [-0.1, -0.05) is 35.3 Å². The van der Waals surface area contributed by atoms with Gasteiger partial charge in [-0.15, -0.1) is 0 Å². The molecule has 0 aliphatic heterocycles. The largest absolute Gasteiger partial charge is 0.343 e. The molecule has 0 amide bonds. The summed E-state index contributed by atoms with van der Waals surface area (Å²) in [5, 5.41) is 2.06. The average molecular weight is 367 g/mol. The molecule has 3 rings (SSSR count). The van der Waals surface area contributed by atoms with Gasteiger partial charge >= 0.3 is 0 Å². The molecule has 2 aromatic carbocycles. The van der Waals surface area contributed by atoms with Gasteiger partial charge in [0.2, 0.25) is 5.24 Å². The minimum absolute atomic E-state index is 0.285. The number of hydrogen-bond donors (Lipinski definition) is 0. The molecule has 0 atom stereocenters. The summed E-state index contributed by atoms with van der Waals surface area (Å²) < 4.78 is 2.11. The van der Waals surface area contributed by atoms with E-state index in [4.69, 9.17) is 34.8 Å². The molecule has 0 spiro atoms. The van der Waals surface area contributed by atoms with Crippen LogP contribution in [0.3, 0.4) is 0 Å². The minimum Gasteiger partial charge on any atom is -0.343 e. The van der Waals surface area contributed by atoms with Gasteiger partial charge in [0, 0.05) is 34.4 Å². The summed E-state index contributed by atoms with van der Waals surface area (Å²) in [4.78, 5) is 11.2. The van der Waals surface area contributed by atoms with Crippen molar-refractivity contribution in [2.24, 2.45) is 7.05 Å². The van der Waals surface area contributed by atoms with E-state index in [1.165, 1.54) is 0 Å². The standard InChI is InChI=1S/C18H14Cl3NO/c1-22-16-8-6-13(20)10-15(16)14(7-9-17(21)23)18(22)11-2-4-12(19)5-3-11/h2-6,8,10H,7,9H2,1H3. The Morgan fingerprint density at radius 3 is 2.35 bits per heavy atom.